The van der Waals surface area contributed by atoms with Crippen molar-refractivity contribution in [1.29, 1.82) is 0 Å². The van der Waals surface area contributed by atoms with Gasteiger partial charge in [0, 0.05) is 24.9 Å². The fourth-order valence-corrected chi connectivity index (χ4v) is 5.74. The standard InChI is InChI=1S/C31H31F2N3O4/c1-18-15-21(31(38)39)13-14-24(18)35-30(37)27(19-9-5-3-6-10-19)36-26-17-23(33)22(32)16-25(26)34-29(36)28(40-2)20-11-7-4-8-12-20/h4,7-8,11-17,19,27-28H,3,5-6,9-10H2,1-2H3,(H,35,37)(H,38,39)/t27-,28?/m0/s1. The largest absolute Gasteiger partial charge is 0.478 e. The zero-order chi connectivity index (χ0) is 28.4. The average Bonchev–Trinajstić information content (AvgIpc) is 3.28. The van der Waals surface area contributed by atoms with Crippen molar-refractivity contribution < 1.29 is 28.2 Å². The van der Waals surface area contributed by atoms with E-state index in [1.165, 1.54) is 19.2 Å². The van der Waals surface area contributed by atoms with Crippen LogP contribution in [-0.2, 0) is 9.53 Å². The minimum absolute atomic E-state index is 0.0927. The van der Waals surface area contributed by atoms with Crippen molar-refractivity contribution in [2.45, 2.75) is 51.2 Å². The molecule has 1 fully saturated rings. The van der Waals surface area contributed by atoms with Crippen LogP contribution in [0, 0.1) is 24.5 Å². The number of fused-ring (bicyclic) bond motifs is 1. The second kappa shape index (κ2) is 11.6. The molecule has 4 aromatic rings. The number of ether oxygens (including phenoxy) is 1. The maximum Gasteiger partial charge on any atom is 0.335 e. The molecule has 7 nitrogen and oxygen atoms in total. The second-order valence-corrected chi connectivity index (χ2v) is 10.3. The van der Waals surface area contributed by atoms with Crippen molar-refractivity contribution in [3.63, 3.8) is 0 Å². The molecule has 0 radical (unpaired) electrons. The van der Waals surface area contributed by atoms with Gasteiger partial charge in [-0.15, -0.1) is 0 Å². The highest BCUT2D eigenvalue weighted by Crippen LogP contribution is 2.40. The summed E-state index contributed by atoms with van der Waals surface area (Å²) in [5, 5.41) is 12.3. The van der Waals surface area contributed by atoms with E-state index in [2.05, 4.69) is 5.32 Å². The number of halogens is 2. The first-order valence-electron chi connectivity index (χ1n) is 13.4. The number of anilines is 1. The number of carbonyl (C=O) groups excluding carboxylic acids is 1. The van der Waals surface area contributed by atoms with Crippen LogP contribution >= 0.6 is 0 Å². The van der Waals surface area contributed by atoms with Crippen LogP contribution in [0.4, 0.5) is 14.5 Å². The molecule has 208 valence electrons. The van der Waals surface area contributed by atoms with Crippen molar-refractivity contribution in [3.05, 3.63) is 94.8 Å². The Hall–Kier alpha value is -4.11. The minimum atomic E-state index is -1.06. The Morgan fingerprint density at radius 3 is 2.38 bits per heavy atom. The molecule has 1 aromatic heterocycles. The summed E-state index contributed by atoms with van der Waals surface area (Å²) in [6, 6.07) is 15.2. The number of hydrogen-bond donors (Lipinski definition) is 2. The molecule has 0 spiro atoms. The third-order valence-electron chi connectivity index (χ3n) is 7.71. The van der Waals surface area contributed by atoms with E-state index in [1.54, 1.807) is 17.6 Å². The van der Waals surface area contributed by atoms with Gasteiger partial charge in [-0.25, -0.2) is 18.6 Å². The highest BCUT2D eigenvalue weighted by Gasteiger charge is 2.36. The summed E-state index contributed by atoms with van der Waals surface area (Å²) in [7, 11) is 1.53. The van der Waals surface area contributed by atoms with Crippen molar-refractivity contribution in [3.8, 4) is 0 Å². The van der Waals surface area contributed by atoms with E-state index in [-0.39, 0.29) is 22.9 Å². The normalized spacial score (nSPS) is 15.6. The lowest BCUT2D eigenvalue weighted by Crippen LogP contribution is -2.35. The molecule has 2 N–H and O–H groups in total. The van der Waals surface area contributed by atoms with Crippen molar-refractivity contribution in [2.75, 3.05) is 12.4 Å². The van der Waals surface area contributed by atoms with Gasteiger partial charge in [0.25, 0.3) is 0 Å². The van der Waals surface area contributed by atoms with E-state index in [9.17, 15) is 23.5 Å². The molecule has 1 aliphatic rings. The monoisotopic (exact) mass is 547 g/mol. The third-order valence-corrected chi connectivity index (χ3v) is 7.71. The molecule has 9 heteroatoms. The van der Waals surface area contributed by atoms with E-state index < -0.39 is 29.7 Å². The zero-order valence-corrected chi connectivity index (χ0v) is 22.4. The number of aromatic carboxylic acids is 1. The van der Waals surface area contributed by atoms with Crippen LogP contribution in [0.1, 0.15) is 71.6 Å². The van der Waals surface area contributed by atoms with Crippen molar-refractivity contribution in [2.24, 2.45) is 5.92 Å². The third kappa shape index (κ3) is 5.34. The van der Waals surface area contributed by atoms with Crippen molar-refractivity contribution >= 4 is 28.6 Å². The van der Waals surface area contributed by atoms with E-state index in [1.807, 2.05) is 30.3 Å². The Morgan fingerprint density at radius 1 is 1.02 bits per heavy atom. The smallest absolute Gasteiger partial charge is 0.335 e. The summed E-state index contributed by atoms with van der Waals surface area (Å²) < 4.78 is 36.6. The van der Waals surface area contributed by atoms with Crippen molar-refractivity contribution in [1.82, 2.24) is 9.55 Å². The van der Waals surface area contributed by atoms with E-state index in [0.717, 1.165) is 49.8 Å². The number of aromatic nitrogens is 2. The van der Waals surface area contributed by atoms with Crippen LogP contribution in [0.2, 0.25) is 0 Å². The Balaban J connectivity index is 1.68. The second-order valence-electron chi connectivity index (χ2n) is 10.3. The molecule has 1 heterocycles. The van der Waals surface area contributed by atoms with Gasteiger partial charge in [-0.2, -0.15) is 0 Å². The van der Waals surface area contributed by atoms with Crippen LogP contribution in [0.3, 0.4) is 0 Å². The Kier molecular flexibility index (Phi) is 7.93. The average molecular weight is 548 g/mol. The number of hydrogen-bond acceptors (Lipinski definition) is 4. The van der Waals surface area contributed by atoms with Gasteiger partial charge in [0.05, 0.1) is 16.6 Å². The van der Waals surface area contributed by atoms with Gasteiger partial charge in [-0.1, -0.05) is 49.6 Å². The van der Waals surface area contributed by atoms with Gasteiger partial charge in [-0.05, 0) is 55.0 Å². The first kappa shape index (κ1) is 27.5. The number of carboxylic acid groups (broad SMARTS) is 1. The number of rotatable bonds is 8. The van der Waals surface area contributed by atoms with Crippen LogP contribution < -0.4 is 5.32 Å². The van der Waals surface area contributed by atoms with Gasteiger partial charge < -0.3 is 19.7 Å². The summed E-state index contributed by atoms with van der Waals surface area (Å²) in [6.45, 7) is 1.73. The molecule has 5 rings (SSSR count). The molecule has 3 aromatic carbocycles. The fourth-order valence-electron chi connectivity index (χ4n) is 5.74. The highest BCUT2D eigenvalue weighted by atomic mass is 19.2. The Morgan fingerprint density at radius 2 is 1.73 bits per heavy atom. The summed E-state index contributed by atoms with van der Waals surface area (Å²) in [6.07, 6.45) is 3.80. The van der Waals surface area contributed by atoms with Gasteiger partial charge in [0.2, 0.25) is 5.91 Å². The number of carbonyl (C=O) groups is 2. The summed E-state index contributed by atoms with van der Waals surface area (Å²) >= 11 is 0. The van der Waals surface area contributed by atoms with Gasteiger partial charge in [0.1, 0.15) is 18.0 Å². The lowest BCUT2D eigenvalue weighted by atomic mass is 9.83. The first-order valence-corrected chi connectivity index (χ1v) is 13.4. The number of benzene rings is 3. The van der Waals surface area contributed by atoms with Crippen LogP contribution in [-0.4, -0.2) is 33.6 Å². The molecule has 0 aliphatic heterocycles. The fraction of sp³-hybridized carbons (Fsp3) is 0.323. The predicted octanol–water partition coefficient (Wildman–Crippen LogP) is 6.82. The van der Waals surface area contributed by atoms with E-state index in [0.29, 0.717) is 22.6 Å². The van der Waals surface area contributed by atoms with E-state index in [4.69, 9.17) is 9.72 Å². The van der Waals surface area contributed by atoms with Crippen LogP contribution in [0.15, 0.2) is 60.7 Å². The number of methoxy groups -OCH3 is 1. The van der Waals surface area contributed by atoms with Gasteiger partial charge in [-0.3, -0.25) is 4.79 Å². The molecule has 0 saturated heterocycles. The molecule has 1 aliphatic carbocycles. The summed E-state index contributed by atoms with van der Waals surface area (Å²) in [5.74, 6) is -3.17. The Bertz CT molecular complexity index is 1550. The molecule has 2 atom stereocenters. The number of carboxylic acids is 1. The van der Waals surface area contributed by atoms with Crippen LogP contribution in [0.5, 0.6) is 0 Å². The predicted molar refractivity (Wildman–Crippen MR) is 147 cm³/mol. The number of amides is 1. The van der Waals surface area contributed by atoms with Crippen LogP contribution in [0.25, 0.3) is 11.0 Å². The topological polar surface area (TPSA) is 93.5 Å². The maximum absolute atomic E-state index is 14.7. The quantitative estimate of drug-likeness (QED) is 0.253. The SMILES string of the molecule is COC(c1ccccc1)c1nc2cc(F)c(F)cc2n1[C@H](C(=O)Nc1ccc(C(=O)O)cc1C)C1CCCCC1. The molecule has 1 unspecified atom stereocenters. The Labute approximate surface area is 230 Å². The highest BCUT2D eigenvalue weighted by molar-refractivity contribution is 5.97. The molecule has 0 bridgehead atoms. The number of nitrogens with zero attached hydrogens (tertiary/aromatic N) is 2. The van der Waals surface area contributed by atoms with E-state index >= 15 is 0 Å². The zero-order valence-electron chi connectivity index (χ0n) is 22.4. The number of nitrogens with one attached hydrogen (secondary N) is 1. The summed E-state index contributed by atoms with van der Waals surface area (Å²) in [5.41, 5.74) is 2.50. The molecule has 40 heavy (non-hydrogen) atoms. The molecular weight excluding hydrogens is 516 g/mol. The lowest BCUT2D eigenvalue weighted by molar-refractivity contribution is -0.121. The molecule has 1 amide bonds. The maximum atomic E-state index is 14.7. The lowest BCUT2D eigenvalue weighted by Gasteiger charge is -2.33. The summed E-state index contributed by atoms with van der Waals surface area (Å²) in [4.78, 5) is 30.3. The number of aryl methyl sites for hydroxylation is 1. The first-order chi connectivity index (χ1) is 19.3. The molecule has 1 saturated carbocycles. The van der Waals surface area contributed by atoms with Gasteiger partial charge >= 0.3 is 5.97 Å². The molecular formula is C31H31F2N3O4. The van der Waals surface area contributed by atoms with Gasteiger partial charge in [0.15, 0.2) is 11.6 Å². The number of imidazole rings is 1. The minimum Gasteiger partial charge on any atom is -0.478 e.